The SMILES string of the molecule is Cc1cc2c(N=NC(=O)CNc3ccccc3C)c(O)[nH]c2cc1Br. The van der Waals surface area contributed by atoms with Crippen LogP contribution in [0.15, 0.2) is 51.1 Å². The molecule has 3 N–H and O–H groups in total. The molecule has 2 aromatic carbocycles. The molecule has 0 saturated carbocycles. The molecule has 1 amide bonds. The Kier molecular flexibility index (Phi) is 4.85. The van der Waals surface area contributed by atoms with E-state index < -0.39 is 5.91 Å². The zero-order chi connectivity index (χ0) is 18.0. The van der Waals surface area contributed by atoms with Crippen molar-refractivity contribution in [1.82, 2.24) is 4.98 Å². The first kappa shape index (κ1) is 17.2. The Labute approximate surface area is 153 Å². The fourth-order valence-electron chi connectivity index (χ4n) is 2.48. The minimum absolute atomic E-state index is 0.0298. The maximum Gasteiger partial charge on any atom is 0.283 e. The normalized spacial score (nSPS) is 11.3. The van der Waals surface area contributed by atoms with Crippen molar-refractivity contribution in [3.8, 4) is 5.88 Å². The monoisotopic (exact) mass is 400 g/mol. The fraction of sp³-hybridized carbons (Fsp3) is 0.167. The Morgan fingerprint density at radius 1 is 1.24 bits per heavy atom. The summed E-state index contributed by atoms with van der Waals surface area (Å²) >= 11 is 3.44. The van der Waals surface area contributed by atoms with Crippen LogP contribution in [0.3, 0.4) is 0 Å². The number of aromatic nitrogens is 1. The van der Waals surface area contributed by atoms with Crippen LogP contribution in [0.2, 0.25) is 0 Å². The van der Waals surface area contributed by atoms with E-state index in [0.717, 1.165) is 26.8 Å². The maximum absolute atomic E-state index is 12.0. The van der Waals surface area contributed by atoms with Gasteiger partial charge in [0.1, 0.15) is 0 Å². The smallest absolute Gasteiger partial charge is 0.283 e. The number of aryl methyl sites for hydroxylation is 2. The van der Waals surface area contributed by atoms with Gasteiger partial charge in [-0.2, -0.15) is 0 Å². The van der Waals surface area contributed by atoms with Crippen molar-refractivity contribution in [3.05, 3.63) is 52.0 Å². The number of rotatable bonds is 4. The lowest BCUT2D eigenvalue weighted by Gasteiger charge is -2.06. The molecule has 0 fully saturated rings. The van der Waals surface area contributed by atoms with E-state index in [4.69, 9.17) is 0 Å². The maximum atomic E-state index is 12.0. The number of benzene rings is 2. The van der Waals surface area contributed by atoms with Crippen molar-refractivity contribution >= 4 is 44.1 Å². The Hall–Kier alpha value is -2.67. The van der Waals surface area contributed by atoms with Gasteiger partial charge < -0.3 is 15.4 Å². The van der Waals surface area contributed by atoms with Crippen LogP contribution in [0, 0.1) is 13.8 Å². The molecule has 3 rings (SSSR count). The first-order valence-electron chi connectivity index (χ1n) is 7.70. The summed E-state index contributed by atoms with van der Waals surface area (Å²) in [6, 6.07) is 11.4. The number of para-hydroxylation sites is 1. The molecule has 0 aliphatic carbocycles. The number of azo groups is 1. The van der Waals surface area contributed by atoms with Gasteiger partial charge in [-0.3, -0.25) is 4.79 Å². The number of fused-ring (bicyclic) bond motifs is 1. The van der Waals surface area contributed by atoms with Crippen LogP contribution in [0.4, 0.5) is 11.4 Å². The highest BCUT2D eigenvalue weighted by Gasteiger charge is 2.12. The Bertz CT molecular complexity index is 979. The van der Waals surface area contributed by atoms with E-state index in [9.17, 15) is 9.90 Å². The summed E-state index contributed by atoms with van der Waals surface area (Å²) in [4.78, 5) is 14.8. The Morgan fingerprint density at radius 2 is 2.00 bits per heavy atom. The predicted molar refractivity (Wildman–Crippen MR) is 102 cm³/mol. The summed E-state index contributed by atoms with van der Waals surface area (Å²) in [6.07, 6.45) is 0. The molecule has 0 radical (unpaired) electrons. The van der Waals surface area contributed by atoms with Gasteiger partial charge in [0.2, 0.25) is 5.88 Å². The van der Waals surface area contributed by atoms with E-state index in [0.29, 0.717) is 5.39 Å². The molecule has 1 heterocycles. The van der Waals surface area contributed by atoms with E-state index >= 15 is 0 Å². The number of anilines is 1. The van der Waals surface area contributed by atoms with Crippen LogP contribution in [-0.2, 0) is 4.79 Å². The largest absolute Gasteiger partial charge is 0.493 e. The van der Waals surface area contributed by atoms with Gasteiger partial charge in [-0.25, -0.2) is 0 Å². The molecule has 0 atom stereocenters. The fourth-order valence-corrected chi connectivity index (χ4v) is 2.82. The van der Waals surface area contributed by atoms with Gasteiger partial charge in [0, 0.05) is 15.5 Å². The molecule has 0 unspecified atom stereocenters. The highest BCUT2D eigenvalue weighted by atomic mass is 79.9. The molecule has 3 aromatic rings. The number of aromatic amines is 1. The summed E-state index contributed by atoms with van der Waals surface area (Å²) in [5.41, 5.74) is 3.89. The summed E-state index contributed by atoms with van der Waals surface area (Å²) in [5.74, 6) is -0.540. The van der Waals surface area contributed by atoms with Gasteiger partial charge in [0.25, 0.3) is 5.91 Å². The van der Waals surface area contributed by atoms with Crippen molar-refractivity contribution in [2.75, 3.05) is 11.9 Å². The summed E-state index contributed by atoms with van der Waals surface area (Å²) < 4.78 is 0.920. The van der Waals surface area contributed by atoms with E-state index in [1.165, 1.54) is 0 Å². The summed E-state index contributed by atoms with van der Waals surface area (Å²) in [7, 11) is 0. The zero-order valence-electron chi connectivity index (χ0n) is 13.8. The van der Waals surface area contributed by atoms with Crippen LogP contribution >= 0.6 is 15.9 Å². The molecule has 0 aliphatic rings. The van der Waals surface area contributed by atoms with Gasteiger partial charge in [-0.05, 0) is 43.2 Å². The van der Waals surface area contributed by atoms with Gasteiger partial charge in [0.15, 0.2) is 5.69 Å². The molecule has 0 aliphatic heterocycles. The van der Waals surface area contributed by atoms with E-state index in [2.05, 4.69) is 36.5 Å². The number of nitrogens with one attached hydrogen (secondary N) is 2. The average molecular weight is 401 g/mol. The summed E-state index contributed by atoms with van der Waals surface area (Å²) in [5, 5.41) is 21.4. The molecule has 7 heteroatoms. The topological polar surface area (TPSA) is 89.8 Å². The Balaban J connectivity index is 1.76. The summed E-state index contributed by atoms with van der Waals surface area (Å²) in [6.45, 7) is 3.92. The van der Waals surface area contributed by atoms with E-state index in [1.807, 2.05) is 50.2 Å². The van der Waals surface area contributed by atoms with Gasteiger partial charge in [-0.1, -0.05) is 34.1 Å². The van der Waals surface area contributed by atoms with Crippen molar-refractivity contribution < 1.29 is 9.90 Å². The number of carbonyl (C=O) groups excluding carboxylic acids is 1. The number of H-pyrrole nitrogens is 1. The van der Waals surface area contributed by atoms with Crippen LogP contribution in [0.25, 0.3) is 10.9 Å². The third kappa shape index (κ3) is 3.71. The third-order valence-corrected chi connectivity index (χ3v) is 4.72. The molecule has 6 nitrogen and oxygen atoms in total. The van der Waals surface area contributed by atoms with Crippen molar-refractivity contribution in [2.45, 2.75) is 13.8 Å². The Morgan fingerprint density at radius 3 is 2.76 bits per heavy atom. The lowest BCUT2D eigenvalue weighted by Crippen LogP contribution is -2.11. The second-order valence-corrected chi connectivity index (χ2v) is 6.59. The van der Waals surface area contributed by atoms with Gasteiger partial charge >= 0.3 is 0 Å². The average Bonchev–Trinajstić information content (AvgIpc) is 2.87. The first-order chi connectivity index (χ1) is 12.0. The third-order valence-electron chi connectivity index (χ3n) is 3.87. The minimum atomic E-state index is -0.425. The van der Waals surface area contributed by atoms with Gasteiger partial charge in [0.05, 0.1) is 12.1 Å². The lowest BCUT2D eigenvalue weighted by atomic mass is 10.1. The highest BCUT2D eigenvalue weighted by molar-refractivity contribution is 9.10. The molecule has 0 bridgehead atoms. The van der Waals surface area contributed by atoms with Crippen LogP contribution in [0.5, 0.6) is 5.88 Å². The number of hydrogen-bond acceptors (Lipinski definition) is 4. The number of hydrogen-bond donors (Lipinski definition) is 3. The molecular weight excluding hydrogens is 384 g/mol. The lowest BCUT2D eigenvalue weighted by molar-refractivity contribution is -0.116. The van der Waals surface area contributed by atoms with Crippen LogP contribution < -0.4 is 5.32 Å². The number of halogens is 1. The predicted octanol–water partition coefficient (Wildman–Crippen LogP) is 4.98. The van der Waals surface area contributed by atoms with Crippen molar-refractivity contribution in [2.24, 2.45) is 10.2 Å². The number of amides is 1. The van der Waals surface area contributed by atoms with E-state index in [1.54, 1.807) is 0 Å². The molecule has 128 valence electrons. The molecule has 25 heavy (non-hydrogen) atoms. The second kappa shape index (κ2) is 7.06. The number of carbonyl (C=O) groups is 1. The second-order valence-electron chi connectivity index (χ2n) is 5.73. The molecule has 1 aromatic heterocycles. The molecule has 0 spiro atoms. The van der Waals surface area contributed by atoms with Crippen molar-refractivity contribution in [3.63, 3.8) is 0 Å². The van der Waals surface area contributed by atoms with Crippen LogP contribution in [-0.4, -0.2) is 22.5 Å². The minimum Gasteiger partial charge on any atom is -0.493 e. The standard InChI is InChI=1S/C18H17BrN4O2/c1-10-5-3-4-6-14(10)20-9-16(24)22-23-17-12-7-11(2)13(19)8-15(12)21-18(17)25/h3-8,20-21,25H,9H2,1-2H3. The molecule has 0 saturated heterocycles. The quantitative estimate of drug-likeness (QED) is 0.539. The van der Waals surface area contributed by atoms with Gasteiger partial charge in [-0.15, -0.1) is 10.2 Å². The number of aromatic hydroxyl groups is 1. The zero-order valence-corrected chi connectivity index (χ0v) is 15.4. The van der Waals surface area contributed by atoms with Crippen molar-refractivity contribution in [1.29, 1.82) is 0 Å². The van der Waals surface area contributed by atoms with Crippen LogP contribution in [0.1, 0.15) is 11.1 Å². The molecular formula is C18H17BrN4O2. The highest BCUT2D eigenvalue weighted by Crippen LogP contribution is 2.37. The number of nitrogens with zero attached hydrogens (tertiary/aromatic N) is 2. The van der Waals surface area contributed by atoms with E-state index in [-0.39, 0.29) is 18.1 Å². The first-order valence-corrected chi connectivity index (χ1v) is 8.50.